The minimum atomic E-state index is -0.278. The molecule has 5 heteroatoms. The van der Waals surface area contributed by atoms with E-state index in [4.69, 9.17) is 9.47 Å². The van der Waals surface area contributed by atoms with E-state index in [2.05, 4.69) is 0 Å². The van der Waals surface area contributed by atoms with Crippen LogP contribution in [0.15, 0.2) is 24.3 Å². The highest BCUT2D eigenvalue weighted by molar-refractivity contribution is 5.94. The van der Waals surface area contributed by atoms with Gasteiger partial charge >= 0.3 is 5.97 Å². The lowest BCUT2D eigenvalue weighted by atomic mass is 10.1. The molecule has 0 atom stereocenters. The molecule has 0 aromatic heterocycles. The molecular formula is C18H27NO4. The summed E-state index contributed by atoms with van der Waals surface area (Å²) in [6, 6.07) is 7.48. The molecule has 1 aromatic rings. The molecule has 1 aromatic carbocycles. The van der Waals surface area contributed by atoms with Gasteiger partial charge in [0.1, 0.15) is 0 Å². The molecule has 0 saturated heterocycles. The first kappa shape index (κ1) is 19.2. The topological polar surface area (TPSA) is 55.8 Å². The third-order valence-electron chi connectivity index (χ3n) is 3.36. The van der Waals surface area contributed by atoms with Crippen LogP contribution in [0, 0.1) is 6.92 Å². The number of esters is 1. The third kappa shape index (κ3) is 7.28. The zero-order chi connectivity index (χ0) is 17.1. The van der Waals surface area contributed by atoms with Crippen LogP contribution in [0.1, 0.15) is 42.6 Å². The lowest BCUT2D eigenvalue weighted by Gasteiger charge is -2.22. The number of amides is 1. The quantitative estimate of drug-likeness (QED) is 0.491. The van der Waals surface area contributed by atoms with E-state index in [-0.39, 0.29) is 18.3 Å². The Kier molecular flexibility index (Phi) is 8.98. The van der Waals surface area contributed by atoms with E-state index >= 15 is 0 Å². The van der Waals surface area contributed by atoms with Gasteiger partial charge in [0, 0.05) is 31.9 Å². The lowest BCUT2D eigenvalue weighted by Crippen LogP contribution is -2.34. The summed E-state index contributed by atoms with van der Waals surface area (Å²) >= 11 is 0. The van der Waals surface area contributed by atoms with Gasteiger partial charge in [0.25, 0.3) is 5.91 Å². The van der Waals surface area contributed by atoms with Gasteiger partial charge in [-0.15, -0.1) is 0 Å². The Labute approximate surface area is 138 Å². The van der Waals surface area contributed by atoms with E-state index < -0.39 is 0 Å². The van der Waals surface area contributed by atoms with Crippen LogP contribution in [-0.4, -0.2) is 49.7 Å². The van der Waals surface area contributed by atoms with Crippen LogP contribution in [0.3, 0.4) is 0 Å². The first-order valence-electron chi connectivity index (χ1n) is 8.17. The van der Waals surface area contributed by atoms with Crippen molar-refractivity contribution in [3.05, 3.63) is 35.4 Å². The monoisotopic (exact) mass is 321 g/mol. The normalized spacial score (nSPS) is 10.4. The third-order valence-corrected chi connectivity index (χ3v) is 3.36. The van der Waals surface area contributed by atoms with Crippen LogP contribution in [0.25, 0.3) is 0 Å². The number of hydrogen-bond acceptors (Lipinski definition) is 4. The largest absolute Gasteiger partial charge is 0.466 e. The van der Waals surface area contributed by atoms with E-state index in [1.165, 1.54) is 0 Å². The lowest BCUT2D eigenvalue weighted by molar-refractivity contribution is -0.143. The average Bonchev–Trinajstić information content (AvgIpc) is 2.54. The summed E-state index contributed by atoms with van der Waals surface area (Å²) in [7, 11) is 0. The summed E-state index contributed by atoms with van der Waals surface area (Å²) in [5, 5.41) is 0. The first-order chi connectivity index (χ1) is 11.1. The predicted octanol–water partition coefficient (Wildman–Crippen LogP) is 2.82. The Hall–Kier alpha value is -1.88. The van der Waals surface area contributed by atoms with Gasteiger partial charge in [-0.3, -0.25) is 9.59 Å². The molecule has 0 heterocycles. The second-order valence-electron chi connectivity index (χ2n) is 5.27. The van der Waals surface area contributed by atoms with Gasteiger partial charge in [0.2, 0.25) is 0 Å². The van der Waals surface area contributed by atoms with Crippen molar-refractivity contribution in [1.29, 1.82) is 0 Å². The molecule has 0 N–H and O–H groups in total. The number of rotatable bonds is 10. The molecule has 0 radical (unpaired) electrons. The van der Waals surface area contributed by atoms with Crippen molar-refractivity contribution in [2.45, 2.75) is 33.6 Å². The summed E-state index contributed by atoms with van der Waals surface area (Å²) in [5.74, 6) is -0.339. The van der Waals surface area contributed by atoms with Gasteiger partial charge in [-0.1, -0.05) is 17.7 Å². The molecule has 0 unspecified atom stereocenters. The minimum absolute atomic E-state index is 0.0607. The van der Waals surface area contributed by atoms with E-state index in [0.29, 0.717) is 38.5 Å². The molecule has 0 aliphatic rings. The van der Waals surface area contributed by atoms with E-state index in [0.717, 1.165) is 12.0 Å². The van der Waals surface area contributed by atoms with Gasteiger partial charge in [-0.05, 0) is 39.3 Å². The Morgan fingerprint density at radius 3 is 2.57 bits per heavy atom. The van der Waals surface area contributed by atoms with Crippen molar-refractivity contribution >= 4 is 11.9 Å². The second kappa shape index (κ2) is 10.8. The molecule has 128 valence electrons. The van der Waals surface area contributed by atoms with Gasteiger partial charge in [-0.25, -0.2) is 0 Å². The maximum absolute atomic E-state index is 12.7. The van der Waals surface area contributed by atoms with Crippen molar-refractivity contribution in [3.63, 3.8) is 0 Å². The fourth-order valence-electron chi connectivity index (χ4n) is 2.24. The van der Waals surface area contributed by atoms with E-state index in [1.54, 1.807) is 17.9 Å². The smallest absolute Gasteiger partial charge is 0.307 e. The number of ether oxygens (including phenoxy) is 2. The van der Waals surface area contributed by atoms with Gasteiger partial charge in [0.05, 0.1) is 13.0 Å². The maximum atomic E-state index is 12.7. The minimum Gasteiger partial charge on any atom is -0.466 e. The number of nitrogens with zero attached hydrogens (tertiary/aromatic N) is 1. The van der Waals surface area contributed by atoms with Crippen LogP contribution in [0.4, 0.5) is 0 Å². The van der Waals surface area contributed by atoms with Crippen LogP contribution in [-0.2, 0) is 14.3 Å². The summed E-state index contributed by atoms with van der Waals surface area (Å²) in [5.41, 5.74) is 1.68. The molecule has 0 spiro atoms. The molecule has 0 saturated carbocycles. The molecule has 0 aliphatic carbocycles. The van der Waals surface area contributed by atoms with Crippen molar-refractivity contribution in [2.24, 2.45) is 0 Å². The fraction of sp³-hybridized carbons (Fsp3) is 0.556. The van der Waals surface area contributed by atoms with Gasteiger partial charge in [0.15, 0.2) is 0 Å². The number of carbonyl (C=O) groups is 2. The highest BCUT2D eigenvalue weighted by Crippen LogP contribution is 2.09. The van der Waals surface area contributed by atoms with Crippen molar-refractivity contribution < 1.29 is 19.1 Å². The molecular weight excluding hydrogens is 294 g/mol. The Morgan fingerprint density at radius 2 is 1.91 bits per heavy atom. The van der Waals surface area contributed by atoms with Crippen molar-refractivity contribution in [1.82, 2.24) is 4.90 Å². The van der Waals surface area contributed by atoms with Crippen LogP contribution in [0.2, 0.25) is 0 Å². The van der Waals surface area contributed by atoms with Crippen LogP contribution in [0.5, 0.6) is 0 Å². The first-order valence-corrected chi connectivity index (χ1v) is 8.17. The number of hydrogen-bond donors (Lipinski definition) is 0. The molecule has 23 heavy (non-hydrogen) atoms. The number of aryl methyl sites for hydroxylation is 1. The Bertz CT molecular complexity index is 502. The Balaban J connectivity index is 2.68. The van der Waals surface area contributed by atoms with E-state index in [9.17, 15) is 9.59 Å². The highest BCUT2D eigenvalue weighted by atomic mass is 16.5. The maximum Gasteiger partial charge on any atom is 0.307 e. The highest BCUT2D eigenvalue weighted by Gasteiger charge is 2.17. The molecule has 0 fully saturated rings. The number of carbonyl (C=O) groups excluding carboxylic acids is 2. The Morgan fingerprint density at radius 1 is 1.13 bits per heavy atom. The fourth-order valence-corrected chi connectivity index (χ4v) is 2.24. The average molecular weight is 321 g/mol. The van der Waals surface area contributed by atoms with Crippen molar-refractivity contribution in [2.75, 3.05) is 32.9 Å². The SMILES string of the molecule is CCOCCCN(CCC(=O)OCC)C(=O)c1cccc(C)c1. The zero-order valence-electron chi connectivity index (χ0n) is 14.3. The molecule has 1 amide bonds. The number of benzene rings is 1. The van der Waals surface area contributed by atoms with Crippen molar-refractivity contribution in [3.8, 4) is 0 Å². The van der Waals surface area contributed by atoms with Crippen LogP contribution < -0.4 is 0 Å². The van der Waals surface area contributed by atoms with Gasteiger partial charge in [-0.2, -0.15) is 0 Å². The molecule has 5 nitrogen and oxygen atoms in total. The summed E-state index contributed by atoms with van der Waals surface area (Å²) in [4.78, 5) is 25.9. The van der Waals surface area contributed by atoms with Gasteiger partial charge < -0.3 is 14.4 Å². The van der Waals surface area contributed by atoms with Crippen LogP contribution >= 0.6 is 0 Å². The predicted molar refractivity (Wildman–Crippen MR) is 89.4 cm³/mol. The zero-order valence-corrected chi connectivity index (χ0v) is 14.3. The standard InChI is InChI=1S/C18H27NO4/c1-4-22-13-7-11-19(12-10-17(20)23-5-2)18(21)16-9-6-8-15(3)14-16/h6,8-9,14H,4-5,7,10-13H2,1-3H3. The molecule has 1 rings (SSSR count). The van der Waals surface area contributed by atoms with E-state index in [1.807, 2.05) is 32.0 Å². The second-order valence-corrected chi connectivity index (χ2v) is 5.27. The summed E-state index contributed by atoms with van der Waals surface area (Å²) in [6.45, 7) is 8.21. The molecule has 0 aliphatic heterocycles. The summed E-state index contributed by atoms with van der Waals surface area (Å²) < 4.78 is 10.3. The summed E-state index contributed by atoms with van der Waals surface area (Å²) in [6.07, 6.45) is 0.953. The molecule has 0 bridgehead atoms.